The van der Waals surface area contributed by atoms with Crippen molar-refractivity contribution < 1.29 is 8.42 Å². The summed E-state index contributed by atoms with van der Waals surface area (Å²) in [6.45, 7) is 6.61. The fraction of sp³-hybridized carbons (Fsp3) is 1.00. The Bertz CT molecular complexity index is 333. The van der Waals surface area contributed by atoms with Crippen LogP contribution in [-0.4, -0.2) is 55.3 Å². The van der Waals surface area contributed by atoms with E-state index in [-0.39, 0.29) is 24.5 Å². The molecule has 5 nitrogen and oxygen atoms in total. The van der Waals surface area contributed by atoms with Crippen LogP contribution in [0.2, 0.25) is 0 Å². The van der Waals surface area contributed by atoms with Gasteiger partial charge in [0, 0.05) is 38.3 Å². The zero-order valence-corrected chi connectivity index (χ0v) is 12.1. The maximum Gasteiger partial charge on any atom is 0.282 e. The Morgan fingerprint density at radius 2 is 1.47 bits per heavy atom. The molecule has 0 saturated carbocycles. The Morgan fingerprint density at radius 3 is 1.94 bits per heavy atom. The molecule has 2 fully saturated rings. The molecule has 2 rings (SSSR count). The van der Waals surface area contributed by atoms with E-state index in [9.17, 15) is 8.42 Å². The summed E-state index contributed by atoms with van der Waals surface area (Å²) >= 11 is 0. The molecule has 7 heteroatoms. The highest BCUT2D eigenvalue weighted by atomic mass is 35.5. The minimum atomic E-state index is -3.20. The van der Waals surface area contributed by atoms with Crippen LogP contribution in [0.25, 0.3) is 0 Å². The van der Waals surface area contributed by atoms with Gasteiger partial charge in [0.25, 0.3) is 10.2 Å². The fourth-order valence-electron chi connectivity index (χ4n) is 2.55. The number of piperazine rings is 1. The van der Waals surface area contributed by atoms with E-state index in [0.717, 1.165) is 12.8 Å². The van der Waals surface area contributed by atoms with Crippen LogP contribution in [0, 0.1) is 0 Å². The molecule has 2 heterocycles. The van der Waals surface area contributed by atoms with Gasteiger partial charge >= 0.3 is 0 Å². The maximum absolute atomic E-state index is 12.3. The largest absolute Gasteiger partial charge is 0.309 e. The Hall–Kier alpha value is 0.120. The average Bonchev–Trinajstić information content (AvgIpc) is 2.69. The van der Waals surface area contributed by atoms with Crippen LogP contribution in [0.5, 0.6) is 0 Å². The Morgan fingerprint density at radius 1 is 1.00 bits per heavy atom. The molecule has 0 aromatic carbocycles. The standard InChI is InChI=1S/C10H21N3O2S.ClH/c1-9-7-13(8-10(2)11-9)16(14,15)12-5-3-4-6-12;/h9-11H,3-8H2,1-2H3;1H. The highest BCUT2D eigenvalue weighted by Crippen LogP contribution is 2.18. The predicted octanol–water partition coefficient (Wildman–Crippen LogP) is 0.431. The van der Waals surface area contributed by atoms with Crippen LogP contribution in [0.4, 0.5) is 0 Å². The first kappa shape index (κ1) is 15.2. The van der Waals surface area contributed by atoms with Crippen molar-refractivity contribution in [3.63, 3.8) is 0 Å². The van der Waals surface area contributed by atoms with E-state index in [0.29, 0.717) is 26.2 Å². The van der Waals surface area contributed by atoms with E-state index < -0.39 is 10.2 Å². The summed E-state index contributed by atoms with van der Waals surface area (Å²) in [5.41, 5.74) is 0. The molecular formula is C10H22ClN3O2S. The van der Waals surface area contributed by atoms with Crippen molar-refractivity contribution in [1.29, 1.82) is 0 Å². The summed E-state index contributed by atoms with van der Waals surface area (Å²) in [5, 5.41) is 3.35. The highest BCUT2D eigenvalue weighted by molar-refractivity contribution is 7.86. The molecule has 0 amide bonds. The van der Waals surface area contributed by atoms with Crippen molar-refractivity contribution in [2.75, 3.05) is 26.2 Å². The van der Waals surface area contributed by atoms with Gasteiger partial charge < -0.3 is 5.32 Å². The smallest absolute Gasteiger partial charge is 0.282 e. The Kier molecular flexibility index (Phi) is 5.21. The molecule has 0 aromatic rings. The van der Waals surface area contributed by atoms with Gasteiger partial charge in [0.2, 0.25) is 0 Å². The minimum Gasteiger partial charge on any atom is -0.309 e. The monoisotopic (exact) mass is 283 g/mol. The molecule has 0 aromatic heterocycles. The quantitative estimate of drug-likeness (QED) is 0.800. The number of hydrogen-bond acceptors (Lipinski definition) is 3. The van der Waals surface area contributed by atoms with Gasteiger partial charge in [-0.05, 0) is 26.7 Å². The van der Waals surface area contributed by atoms with E-state index in [1.165, 1.54) is 0 Å². The number of hydrogen-bond donors (Lipinski definition) is 1. The summed E-state index contributed by atoms with van der Waals surface area (Å²) in [5.74, 6) is 0. The third kappa shape index (κ3) is 3.32. The first-order chi connectivity index (χ1) is 7.50. The second kappa shape index (κ2) is 5.84. The van der Waals surface area contributed by atoms with Gasteiger partial charge in [0.15, 0.2) is 0 Å². The lowest BCUT2D eigenvalue weighted by molar-refractivity contribution is 0.248. The molecule has 2 saturated heterocycles. The number of halogens is 1. The summed E-state index contributed by atoms with van der Waals surface area (Å²) in [6, 6.07) is 0.474. The molecule has 2 atom stereocenters. The predicted molar refractivity (Wildman–Crippen MR) is 70.6 cm³/mol. The maximum atomic E-state index is 12.3. The fourth-order valence-corrected chi connectivity index (χ4v) is 4.42. The molecule has 102 valence electrons. The lowest BCUT2D eigenvalue weighted by Crippen LogP contribution is -2.58. The number of rotatable bonds is 2. The Balaban J connectivity index is 0.00000144. The van der Waals surface area contributed by atoms with Crippen LogP contribution in [0.15, 0.2) is 0 Å². The van der Waals surface area contributed by atoms with E-state index in [1.54, 1.807) is 8.61 Å². The van der Waals surface area contributed by atoms with Crippen LogP contribution in [0.1, 0.15) is 26.7 Å². The molecule has 0 aliphatic carbocycles. The van der Waals surface area contributed by atoms with Crippen molar-refractivity contribution in [1.82, 2.24) is 13.9 Å². The second-order valence-corrected chi connectivity index (χ2v) is 6.83. The van der Waals surface area contributed by atoms with Gasteiger partial charge in [0.05, 0.1) is 0 Å². The second-order valence-electron chi connectivity index (χ2n) is 4.90. The van der Waals surface area contributed by atoms with E-state index >= 15 is 0 Å². The molecule has 2 aliphatic rings. The van der Waals surface area contributed by atoms with Crippen LogP contribution >= 0.6 is 12.4 Å². The molecule has 0 spiro atoms. The zero-order valence-electron chi connectivity index (χ0n) is 10.4. The number of nitrogens with zero attached hydrogens (tertiary/aromatic N) is 2. The topological polar surface area (TPSA) is 52.7 Å². The van der Waals surface area contributed by atoms with E-state index in [4.69, 9.17) is 0 Å². The van der Waals surface area contributed by atoms with Gasteiger partial charge in [-0.2, -0.15) is 17.0 Å². The molecule has 2 unspecified atom stereocenters. The lowest BCUT2D eigenvalue weighted by atomic mass is 10.2. The van der Waals surface area contributed by atoms with Crippen molar-refractivity contribution in [3.05, 3.63) is 0 Å². The molecule has 1 N–H and O–H groups in total. The first-order valence-corrected chi connectivity index (χ1v) is 7.41. The normalized spacial score (nSPS) is 32.4. The highest BCUT2D eigenvalue weighted by Gasteiger charge is 2.35. The van der Waals surface area contributed by atoms with Crippen LogP contribution < -0.4 is 5.32 Å². The van der Waals surface area contributed by atoms with Gasteiger partial charge in [0.1, 0.15) is 0 Å². The molecule has 2 aliphatic heterocycles. The third-order valence-electron chi connectivity index (χ3n) is 3.24. The van der Waals surface area contributed by atoms with Gasteiger partial charge in [-0.3, -0.25) is 0 Å². The summed E-state index contributed by atoms with van der Waals surface area (Å²) in [7, 11) is -3.20. The van der Waals surface area contributed by atoms with Gasteiger partial charge in [-0.15, -0.1) is 12.4 Å². The van der Waals surface area contributed by atoms with Crippen molar-refractivity contribution in [2.45, 2.75) is 38.8 Å². The molecule has 17 heavy (non-hydrogen) atoms. The van der Waals surface area contributed by atoms with Crippen molar-refractivity contribution in [3.8, 4) is 0 Å². The molecular weight excluding hydrogens is 262 g/mol. The van der Waals surface area contributed by atoms with E-state index in [2.05, 4.69) is 5.32 Å². The average molecular weight is 284 g/mol. The zero-order chi connectivity index (χ0) is 11.8. The summed E-state index contributed by atoms with van der Waals surface area (Å²) in [4.78, 5) is 0. The van der Waals surface area contributed by atoms with Crippen molar-refractivity contribution in [2.24, 2.45) is 0 Å². The van der Waals surface area contributed by atoms with E-state index in [1.807, 2.05) is 13.8 Å². The van der Waals surface area contributed by atoms with Gasteiger partial charge in [-0.25, -0.2) is 0 Å². The minimum absolute atomic E-state index is 0. The molecule has 0 radical (unpaired) electrons. The summed E-state index contributed by atoms with van der Waals surface area (Å²) < 4.78 is 27.9. The molecule has 0 bridgehead atoms. The summed E-state index contributed by atoms with van der Waals surface area (Å²) in [6.07, 6.45) is 1.99. The van der Waals surface area contributed by atoms with Crippen LogP contribution in [0.3, 0.4) is 0 Å². The van der Waals surface area contributed by atoms with Crippen LogP contribution in [-0.2, 0) is 10.2 Å². The van der Waals surface area contributed by atoms with Crippen molar-refractivity contribution >= 4 is 22.6 Å². The third-order valence-corrected chi connectivity index (χ3v) is 5.21. The van der Waals surface area contributed by atoms with Gasteiger partial charge in [-0.1, -0.05) is 0 Å². The lowest BCUT2D eigenvalue weighted by Gasteiger charge is -2.37. The Labute approximate surface area is 110 Å². The first-order valence-electron chi connectivity index (χ1n) is 6.01. The number of nitrogens with one attached hydrogen (secondary N) is 1. The SMILES string of the molecule is CC1CN(S(=O)(=O)N2CCCC2)CC(C)N1.Cl.